The highest BCUT2D eigenvalue weighted by Gasteiger charge is 2.29. The van der Waals surface area contributed by atoms with Gasteiger partial charge in [0.25, 0.3) is 20.0 Å². The van der Waals surface area contributed by atoms with E-state index in [9.17, 15) is 26.4 Å². The molecule has 0 radical (unpaired) electrons. The molecule has 0 bridgehead atoms. The van der Waals surface area contributed by atoms with E-state index in [0.29, 0.717) is 41.5 Å². The second kappa shape index (κ2) is 13.3. The number of benzene rings is 2. The lowest BCUT2D eigenvalue weighted by molar-refractivity contribution is -0.137. The summed E-state index contributed by atoms with van der Waals surface area (Å²) in [5.41, 5.74) is 3.35. The minimum Gasteiger partial charge on any atom is -0.481 e. The molecule has 11 nitrogen and oxygen atoms in total. The summed E-state index contributed by atoms with van der Waals surface area (Å²) >= 11 is 0. The number of nitrogens with zero attached hydrogens (tertiary/aromatic N) is 2. The van der Waals surface area contributed by atoms with Crippen LogP contribution in [0.15, 0.2) is 83.1 Å². The first-order valence-electron chi connectivity index (χ1n) is 14.6. The second-order valence-corrected chi connectivity index (χ2v) is 14.8. The van der Waals surface area contributed by atoms with Crippen LogP contribution >= 0.6 is 0 Å². The molecule has 2 heterocycles. The Morgan fingerprint density at radius 1 is 0.804 bits per heavy atom. The van der Waals surface area contributed by atoms with Crippen molar-refractivity contribution in [1.82, 2.24) is 13.3 Å². The van der Waals surface area contributed by atoms with Gasteiger partial charge < -0.3 is 15.2 Å². The molecular formula is C33H33N3O8S2. The van der Waals surface area contributed by atoms with Crippen molar-refractivity contribution in [3.63, 3.8) is 0 Å². The van der Waals surface area contributed by atoms with Gasteiger partial charge in [0.15, 0.2) is 0 Å². The lowest BCUT2D eigenvalue weighted by atomic mass is 9.97. The van der Waals surface area contributed by atoms with Crippen LogP contribution in [-0.2, 0) is 36.0 Å². The second-order valence-electron chi connectivity index (χ2n) is 11.1. The molecule has 0 saturated carbocycles. The highest BCUT2D eigenvalue weighted by atomic mass is 32.2. The summed E-state index contributed by atoms with van der Waals surface area (Å²) in [7, 11) is -7.95. The largest absolute Gasteiger partial charge is 0.481 e. The number of aromatic nitrogens is 2. The number of hydrogen-bond acceptors (Lipinski definition) is 7. The highest BCUT2D eigenvalue weighted by molar-refractivity contribution is 7.90. The minimum absolute atomic E-state index is 0.0219. The van der Waals surface area contributed by atoms with E-state index in [1.165, 1.54) is 49.1 Å². The Morgan fingerprint density at radius 3 is 1.93 bits per heavy atom. The van der Waals surface area contributed by atoms with E-state index in [1.54, 1.807) is 24.3 Å². The summed E-state index contributed by atoms with van der Waals surface area (Å²) in [6.45, 7) is 3.96. The number of ether oxygens (including phenoxy) is 1. The Kier molecular flexibility index (Phi) is 9.41. The van der Waals surface area contributed by atoms with Crippen LogP contribution in [0.5, 0.6) is 0 Å². The summed E-state index contributed by atoms with van der Waals surface area (Å²) in [5.74, 6) is 5.06. The fourth-order valence-electron chi connectivity index (χ4n) is 4.98. The van der Waals surface area contributed by atoms with Gasteiger partial charge in [-0.3, -0.25) is 4.79 Å². The van der Waals surface area contributed by atoms with Crippen LogP contribution in [0.4, 0.5) is 4.79 Å². The molecule has 0 saturated heterocycles. The maximum Gasteiger partial charge on any atom is 0.407 e. The van der Waals surface area contributed by atoms with E-state index in [-0.39, 0.29) is 29.2 Å². The smallest absolute Gasteiger partial charge is 0.407 e. The van der Waals surface area contributed by atoms with E-state index >= 15 is 0 Å². The zero-order valence-corrected chi connectivity index (χ0v) is 26.9. The number of aryl methyl sites for hydroxylation is 2. The van der Waals surface area contributed by atoms with Crippen LogP contribution in [0.3, 0.4) is 0 Å². The maximum atomic E-state index is 13.5. The van der Waals surface area contributed by atoms with Crippen molar-refractivity contribution < 1.29 is 36.3 Å². The Balaban J connectivity index is 1.47. The summed E-state index contributed by atoms with van der Waals surface area (Å²) < 4.78 is 61.8. The molecule has 0 fully saturated rings. The zero-order valence-electron chi connectivity index (χ0n) is 25.3. The average Bonchev–Trinajstić information content (AvgIpc) is 3.62. The Morgan fingerprint density at radius 2 is 1.35 bits per heavy atom. The monoisotopic (exact) mass is 663 g/mol. The van der Waals surface area contributed by atoms with Crippen molar-refractivity contribution in [3.05, 3.63) is 107 Å². The number of unbranched alkanes of at least 4 members (excludes halogenated alkanes) is 2. The fourth-order valence-corrected chi connectivity index (χ4v) is 7.44. The van der Waals surface area contributed by atoms with Crippen LogP contribution in [-0.4, -0.2) is 48.5 Å². The lowest BCUT2D eigenvalue weighted by Crippen LogP contribution is -2.28. The van der Waals surface area contributed by atoms with Crippen LogP contribution in [0, 0.1) is 25.7 Å². The normalized spacial score (nSPS) is 14.2. The molecule has 4 aromatic rings. The molecule has 1 aliphatic carbocycles. The topological polar surface area (TPSA) is 154 Å². The molecule has 1 amide bonds. The van der Waals surface area contributed by atoms with Gasteiger partial charge in [0, 0.05) is 55.3 Å². The van der Waals surface area contributed by atoms with Crippen molar-refractivity contribution in [2.45, 2.75) is 61.8 Å². The Labute approximate surface area is 267 Å². The molecule has 0 spiro atoms. The van der Waals surface area contributed by atoms with Gasteiger partial charge in [0.2, 0.25) is 0 Å². The van der Waals surface area contributed by atoms with Crippen LogP contribution in [0.2, 0.25) is 0 Å². The van der Waals surface area contributed by atoms with E-state index in [2.05, 4.69) is 17.2 Å². The van der Waals surface area contributed by atoms with Crippen molar-refractivity contribution in [2.24, 2.45) is 0 Å². The molecule has 13 heteroatoms. The predicted octanol–water partition coefficient (Wildman–Crippen LogP) is 4.75. The Hall–Kier alpha value is -4.80. The molecule has 2 aromatic heterocycles. The number of amides is 1. The van der Waals surface area contributed by atoms with Gasteiger partial charge in [-0.1, -0.05) is 53.7 Å². The summed E-state index contributed by atoms with van der Waals surface area (Å²) in [6.07, 6.45) is 5.47. The summed E-state index contributed by atoms with van der Waals surface area (Å²) in [4.78, 5) is 23.8. The molecule has 0 aliphatic heterocycles. The van der Waals surface area contributed by atoms with E-state index in [1.807, 2.05) is 13.8 Å². The standard InChI is InChI=1S/C33H33N3O8S2/c1-23-7-13-28(14-8-23)45(40,41)35-19-25-11-12-26-20-36(46(42,43)29-15-9-24(2)10-16-29)22-30(26)31(18-27(25)21-35)44-33(39)34-17-5-3-4-6-32(37)38/h7-10,13-16,19-22,31H,3-6,17-18H2,1-2H3,(H,34,39)(H,37,38). The van der Waals surface area contributed by atoms with E-state index in [0.717, 1.165) is 19.1 Å². The van der Waals surface area contributed by atoms with Gasteiger partial charge in [0.05, 0.1) is 15.4 Å². The third-order valence-corrected chi connectivity index (χ3v) is 10.8. The number of aliphatic carboxylic acids is 1. The zero-order chi connectivity index (χ0) is 33.1. The average molecular weight is 664 g/mol. The van der Waals surface area contributed by atoms with Gasteiger partial charge in [-0.2, -0.15) is 0 Å². The first-order valence-corrected chi connectivity index (χ1v) is 17.5. The third kappa shape index (κ3) is 7.19. The van der Waals surface area contributed by atoms with Crippen molar-refractivity contribution >= 4 is 32.1 Å². The first kappa shape index (κ1) is 32.6. The number of alkyl carbamates (subject to hydrolysis) is 1. The van der Waals surface area contributed by atoms with Crippen LogP contribution < -0.4 is 5.32 Å². The first-order chi connectivity index (χ1) is 21.8. The molecule has 1 unspecified atom stereocenters. The molecule has 1 aliphatic rings. The van der Waals surface area contributed by atoms with Crippen LogP contribution in [0.1, 0.15) is 65.2 Å². The Bertz CT molecular complexity index is 2050. The minimum atomic E-state index is -4.00. The molecule has 2 aromatic carbocycles. The lowest BCUT2D eigenvalue weighted by Gasteiger charge is -2.19. The highest BCUT2D eigenvalue weighted by Crippen LogP contribution is 2.32. The number of carboxylic acid groups (broad SMARTS) is 1. The number of carbonyl (C=O) groups excluding carboxylic acids is 1. The molecule has 5 rings (SSSR count). The number of carbonyl (C=O) groups is 2. The number of hydrogen-bond donors (Lipinski definition) is 2. The fraction of sp³-hybridized carbons (Fsp3) is 0.273. The SMILES string of the molecule is Cc1ccc(S(=O)(=O)n2cc3c(c2)CC(OC(=O)NCCCCCC(=O)O)c2cn(S(=O)(=O)c4ccc(C)cc4)cc2C#C3)cc1. The van der Waals surface area contributed by atoms with Gasteiger partial charge in [-0.15, -0.1) is 0 Å². The molecule has 2 N–H and O–H groups in total. The number of nitrogens with one attached hydrogen (secondary N) is 1. The van der Waals surface area contributed by atoms with E-state index in [4.69, 9.17) is 9.84 Å². The van der Waals surface area contributed by atoms with E-state index < -0.39 is 38.2 Å². The van der Waals surface area contributed by atoms with Gasteiger partial charge in [-0.05, 0) is 56.5 Å². The van der Waals surface area contributed by atoms with Gasteiger partial charge in [0.1, 0.15) is 6.10 Å². The van der Waals surface area contributed by atoms with Crippen LogP contribution in [0.25, 0.3) is 0 Å². The number of fused-ring (bicyclic) bond motifs is 2. The predicted molar refractivity (Wildman–Crippen MR) is 169 cm³/mol. The summed E-state index contributed by atoms with van der Waals surface area (Å²) in [5, 5.41) is 11.5. The van der Waals surface area contributed by atoms with Crippen molar-refractivity contribution in [2.75, 3.05) is 6.54 Å². The third-order valence-electron chi connectivity index (χ3n) is 7.58. The van der Waals surface area contributed by atoms with Crippen molar-refractivity contribution in [3.8, 4) is 11.8 Å². The molecule has 240 valence electrons. The number of carboxylic acids is 1. The van der Waals surface area contributed by atoms with Gasteiger partial charge >= 0.3 is 12.1 Å². The summed E-state index contributed by atoms with van der Waals surface area (Å²) in [6, 6.07) is 12.9. The van der Waals surface area contributed by atoms with Gasteiger partial charge in [-0.25, -0.2) is 29.6 Å². The quantitative estimate of drug-likeness (QED) is 0.172. The number of rotatable bonds is 11. The molecule has 1 atom stereocenters. The molecular weight excluding hydrogens is 631 g/mol. The molecule has 46 heavy (non-hydrogen) atoms. The van der Waals surface area contributed by atoms with Crippen molar-refractivity contribution in [1.29, 1.82) is 0 Å². The maximum absolute atomic E-state index is 13.5.